The van der Waals surface area contributed by atoms with Crippen LogP contribution in [0.2, 0.25) is 0 Å². The van der Waals surface area contributed by atoms with Crippen LogP contribution in [0.3, 0.4) is 0 Å². The molecule has 0 saturated carbocycles. The normalized spacial score (nSPS) is 11.3. The van der Waals surface area contributed by atoms with E-state index in [4.69, 9.17) is 10.5 Å². The van der Waals surface area contributed by atoms with Crippen LogP contribution in [0, 0.1) is 5.82 Å². The molecule has 0 heterocycles. The lowest BCUT2D eigenvalue weighted by Crippen LogP contribution is -2.15. The van der Waals surface area contributed by atoms with E-state index in [0.717, 1.165) is 12.3 Å². The van der Waals surface area contributed by atoms with Crippen molar-refractivity contribution in [2.45, 2.75) is 6.92 Å². The average molecular weight is 276 g/mol. The highest BCUT2D eigenvalue weighted by atomic mass is 32.2. The summed E-state index contributed by atoms with van der Waals surface area (Å²) in [5.41, 5.74) is 6.30. The molecule has 3 N–H and O–H groups in total. The molecule has 7 heteroatoms. The van der Waals surface area contributed by atoms with Crippen molar-refractivity contribution >= 4 is 21.2 Å². The number of rotatable bonds is 6. The first kappa shape index (κ1) is 14.6. The van der Waals surface area contributed by atoms with E-state index < -0.39 is 15.7 Å². The summed E-state index contributed by atoms with van der Waals surface area (Å²) >= 11 is 0. The number of nitrogens with one attached hydrogen (secondary N) is 1. The summed E-state index contributed by atoms with van der Waals surface area (Å²) in [6.45, 7) is 2.29. The Kier molecular flexibility index (Phi) is 4.77. The van der Waals surface area contributed by atoms with E-state index in [1.165, 1.54) is 6.07 Å². The molecule has 1 aromatic carbocycles. The fourth-order valence-corrected chi connectivity index (χ4v) is 1.83. The van der Waals surface area contributed by atoms with Gasteiger partial charge in [-0.2, -0.15) is 0 Å². The summed E-state index contributed by atoms with van der Waals surface area (Å²) in [4.78, 5) is 0. The fraction of sp³-hybridized carbons (Fsp3) is 0.455. The molecule has 0 unspecified atom stereocenters. The zero-order valence-electron chi connectivity index (χ0n) is 10.4. The SMILES string of the molecule is CCOc1cc(NCCS(C)(=O)=O)c(N)cc1F. The largest absolute Gasteiger partial charge is 0.491 e. The summed E-state index contributed by atoms with van der Waals surface area (Å²) < 4.78 is 40.4. The van der Waals surface area contributed by atoms with Crippen LogP contribution in [0.15, 0.2) is 12.1 Å². The topological polar surface area (TPSA) is 81.4 Å². The molecule has 0 spiro atoms. The Bertz CT molecular complexity index is 517. The van der Waals surface area contributed by atoms with Crippen LogP contribution >= 0.6 is 0 Å². The lowest BCUT2D eigenvalue weighted by Gasteiger charge is -2.12. The molecule has 0 aromatic heterocycles. The standard InChI is InChI=1S/C11H17FN2O3S/c1-3-17-11-7-10(9(13)6-8(11)12)14-4-5-18(2,15)16/h6-7,14H,3-5,13H2,1-2H3. The van der Waals surface area contributed by atoms with E-state index in [-0.39, 0.29) is 23.7 Å². The fourth-order valence-electron chi connectivity index (χ4n) is 1.36. The predicted octanol–water partition coefficient (Wildman–Crippen LogP) is 1.26. The Hall–Kier alpha value is -1.50. The van der Waals surface area contributed by atoms with E-state index in [2.05, 4.69) is 5.32 Å². The van der Waals surface area contributed by atoms with Gasteiger partial charge < -0.3 is 15.8 Å². The van der Waals surface area contributed by atoms with Crippen molar-refractivity contribution in [3.05, 3.63) is 17.9 Å². The molecule has 0 saturated heterocycles. The minimum Gasteiger partial charge on any atom is -0.491 e. The summed E-state index contributed by atoms with van der Waals surface area (Å²) in [6.07, 6.45) is 1.15. The van der Waals surface area contributed by atoms with Gasteiger partial charge in [0.2, 0.25) is 0 Å². The number of benzene rings is 1. The minimum absolute atomic E-state index is 0.0201. The first-order chi connectivity index (χ1) is 8.33. The van der Waals surface area contributed by atoms with Crippen molar-refractivity contribution in [1.29, 1.82) is 0 Å². The molecule has 0 aliphatic carbocycles. The van der Waals surface area contributed by atoms with E-state index in [9.17, 15) is 12.8 Å². The van der Waals surface area contributed by atoms with E-state index in [0.29, 0.717) is 12.3 Å². The summed E-state index contributed by atoms with van der Waals surface area (Å²) in [5, 5.41) is 2.84. The van der Waals surface area contributed by atoms with Gasteiger partial charge in [-0.1, -0.05) is 0 Å². The Labute approximate surface area is 106 Å². The molecule has 102 valence electrons. The van der Waals surface area contributed by atoms with Gasteiger partial charge in [0, 0.05) is 24.9 Å². The van der Waals surface area contributed by atoms with Gasteiger partial charge in [0.15, 0.2) is 11.6 Å². The summed E-state index contributed by atoms with van der Waals surface area (Å²) in [5.74, 6) is -0.468. The number of ether oxygens (including phenoxy) is 1. The van der Waals surface area contributed by atoms with Crippen LogP contribution in [0.1, 0.15) is 6.92 Å². The van der Waals surface area contributed by atoms with Crippen LogP contribution in [0.25, 0.3) is 0 Å². The number of sulfone groups is 1. The van der Waals surface area contributed by atoms with Gasteiger partial charge in [-0.3, -0.25) is 0 Å². The Morgan fingerprint density at radius 2 is 2.11 bits per heavy atom. The molecule has 0 bridgehead atoms. The van der Waals surface area contributed by atoms with Crippen LogP contribution in [0.4, 0.5) is 15.8 Å². The quantitative estimate of drug-likeness (QED) is 0.765. The molecule has 0 atom stereocenters. The zero-order chi connectivity index (χ0) is 13.8. The molecule has 18 heavy (non-hydrogen) atoms. The molecule has 0 amide bonds. The molecule has 0 aliphatic heterocycles. The number of nitrogens with two attached hydrogens (primary N) is 1. The maximum atomic E-state index is 13.4. The smallest absolute Gasteiger partial charge is 0.167 e. The van der Waals surface area contributed by atoms with E-state index >= 15 is 0 Å². The van der Waals surface area contributed by atoms with Crippen molar-refractivity contribution in [2.75, 3.05) is 36.2 Å². The van der Waals surface area contributed by atoms with Crippen LogP contribution in [-0.2, 0) is 9.84 Å². The number of hydrogen-bond acceptors (Lipinski definition) is 5. The lowest BCUT2D eigenvalue weighted by molar-refractivity contribution is 0.322. The first-order valence-corrected chi connectivity index (χ1v) is 7.53. The van der Waals surface area contributed by atoms with Crippen molar-refractivity contribution in [3.8, 4) is 5.75 Å². The second-order valence-corrected chi connectivity index (χ2v) is 6.12. The van der Waals surface area contributed by atoms with Crippen LogP contribution in [-0.4, -0.2) is 33.6 Å². The predicted molar refractivity (Wildman–Crippen MR) is 70.2 cm³/mol. The third-order valence-electron chi connectivity index (χ3n) is 2.19. The minimum atomic E-state index is -3.04. The van der Waals surface area contributed by atoms with E-state index in [1.54, 1.807) is 6.92 Å². The number of nitrogen functional groups attached to an aromatic ring is 1. The third kappa shape index (κ3) is 4.40. The number of hydrogen-bond donors (Lipinski definition) is 2. The maximum absolute atomic E-state index is 13.4. The second-order valence-electron chi connectivity index (χ2n) is 3.86. The van der Waals surface area contributed by atoms with Crippen LogP contribution < -0.4 is 15.8 Å². The number of halogens is 1. The Morgan fingerprint density at radius 1 is 1.44 bits per heavy atom. The molecule has 5 nitrogen and oxygen atoms in total. The van der Waals surface area contributed by atoms with Crippen molar-refractivity contribution in [2.24, 2.45) is 0 Å². The molecule has 1 aromatic rings. The van der Waals surface area contributed by atoms with Gasteiger partial charge in [0.25, 0.3) is 0 Å². The molecule has 1 rings (SSSR count). The Morgan fingerprint density at radius 3 is 2.67 bits per heavy atom. The first-order valence-electron chi connectivity index (χ1n) is 5.47. The molecule has 0 radical (unpaired) electrons. The number of anilines is 2. The van der Waals surface area contributed by atoms with Crippen molar-refractivity contribution < 1.29 is 17.5 Å². The van der Waals surface area contributed by atoms with Gasteiger partial charge in [-0.25, -0.2) is 12.8 Å². The zero-order valence-corrected chi connectivity index (χ0v) is 11.2. The maximum Gasteiger partial charge on any atom is 0.167 e. The average Bonchev–Trinajstić information content (AvgIpc) is 2.23. The van der Waals surface area contributed by atoms with Gasteiger partial charge in [0.1, 0.15) is 9.84 Å². The monoisotopic (exact) mass is 276 g/mol. The molecular weight excluding hydrogens is 259 g/mol. The molecular formula is C11H17FN2O3S. The Balaban J connectivity index is 2.79. The molecule has 0 fully saturated rings. The highest BCUT2D eigenvalue weighted by Crippen LogP contribution is 2.28. The van der Waals surface area contributed by atoms with Crippen molar-refractivity contribution in [1.82, 2.24) is 0 Å². The highest BCUT2D eigenvalue weighted by Gasteiger charge is 2.09. The van der Waals surface area contributed by atoms with Gasteiger partial charge in [-0.05, 0) is 6.92 Å². The second kappa shape index (κ2) is 5.90. The van der Waals surface area contributed by atoms with Gasteiger partial charge in [0.05, 0.1) is 23.7 Å². The van der Waals surface area contributed by atoms with Gasteiger partial charge >= 0.3 is 0 Å². The highest BCUT2D eigenvalue weighted by molar-refractivity contribution is 7.90. The van der Waals surface area contributed by atoms with Gasteiger partial charge in [-0.15, -0.1) is 0 Å². The molecule has 0 aliphatic rings. The van der Waals surface area contributed by atoms with E-state index in [1.807, 2.05) is 0 Å². The third-order valence-corrected chi connectivity index (χ3v) is 3.14. The summed E-state index contributed by atoms with van der Waals surface area (Å²) in [7, 11) is -3.04. The lowest BCUT2D eigenvalue weighted by atomic mass is 10.2. The summed E-state index contributed by atoms with van der Waals surface area (Å²) in [6, 6.07) is 2.57. The van der Waals surface area contributed by atoms with Crippen LogP contribution in [0.5, 0.6) is 5.75 Å². The van der Waals surface area contributed by atoms with Crippen molar-refractivity contribution in [3.63, 3.8) is 0 Å².